The monoisotopic (exact) mass is 208 g/mol. The van der Waals surface area contributed by atoms with Gasteiger partial charge < -0.3 is 19.7 Å². The van der Waals surface area contributed by atoms with E-state index in [9.17, 15) is 4.79 Å². The molecule has 6 heteroatoms. The van der Waals surface area contributed by atoms with Crippen molar-refractivity contribution in [2.75, 3.05) is 14.2 Å². The van der Waals surface area contributed by atoms with Crippen LogP contribution in [0.4, 0.5) is 4.79 Å². The van der Waals surface area contributed by atoms with Crippen LogP contribution in [0, 0.1) is 0 Å². The summed E-state index contributed by atoms with van der Waals surface area (Å²) in [5.41, 5.74) is 0. The molecule has 6 nitrogen and oxygen atoms in total. The first-order chi connectivity index (χ1) is 6.47. The number of carboxylic acid groups (broad SMARTS) is 2. The van der Waals surface area contributed by atoms with E-state index in [1.807, 2.05) is 6.92 Å². The van der Waals surface area contributed by atoms with Gasteiger partial charge in [-0.15, -0.1) is 0 Å². The minimum atomic E-state index is -1.25. The molecule has 0 saturated heterocycles. The fourth-order valence-corrected chi connectivity index (χ4v) is 0.589. The van der Waals surface area contributed by atoms with Crippen molar-refractivity contribution >= 4 is 12.1 Å². The second kappa shape index (κ2) is 9.79. The fraction of sp³-hybridized carbons (Fsp3) is 0.750. The second-order valence-electron chi connectivity index (χ2n) is 2.33. The van der Waals surface area contributed by atoms with Crippen molar-refractivity contribution in [2.45, 2.75) is 25.9 Å². The van der Waals surface area contributed by atoms with E-state index in [-0.39, 0.29) is 12.5 Å². The number of carboxylic acids is 1. The first-order valence-corrected chi connectivity index (χ1v) is 3.99. The molecule has 0 saturated carbocycles. The van der Waals surface area contributed by atoms with Gasteiger partial charge in [-0.2, -0.15) is 0 Å². The molecule has 1 unspecified atom stereocenters. The Morgan fingerprint density at radius 3 is 1.79 bits per heavy atom. The fourth-order valence-electron chi connectivity index (χ4n) is 0.589. The van der Waals surface area contributed by atoms with E-state index < -0.39 is 12.1 Å². The van der Waals surface area contributed by atoms with Gasteiger partial charge in [0.05, 0.1) is 19.6 Å². The Morgan fingerprint density at radius 2 is 1.71 bits per heavy atom. The van der Waals surface area contributed by atoms with Crippen LogP contribution in [0.25, 0.3) is 0 Å². The van der Waals surface area contributed by atoms with Gasteiger partial charge >= 0.3 is 12.1 Å². The number of hydrogen-bond donors (Lipinski definition) is 2. The van der Waals surface area contributed by atoms with Crippen LogP contribution in [-0.2, 0) is 14.3 Å². The van der Waals surface area contributed by atoms with Gasteiger partial charge in [-0.1, -0.05) is 6.92 Å². The third kappa shape index (κ3) is 13.3. The summed E-state index contributed by atoms with van der Waals surface area (Å²) in [5, 5.41) is 15.8. The van der Waals surface area contributed by atoms with Crippen LogP contribution >= 0.6 is 0 Å². The molecule has 0 aromatic carbocycles. The second-order valence-corrected chi connectivity index (χ2v) is 2.33. The van der Waals surface area contributed by atoms with Crippen molar-refractivity contribution in [3.63, 3.8) is 0 Å². The van der Waals surface area contributed by atoms with E-state index in [0.29, 0.717) is 0 Å². The van der Waals surface area contributed by atoms with Gasteiger partial charge in [0.1, 0.15) is 0 Å². The molecular formula is C8H16O6. The number of carbonyl (C=O) groups is 2. The molecule has 0 fully saturated rings. The number of aliphatic carboxylic acids is 1. The number of hydrogen-bond acceptors (Lipinski definition) is 4. The minimum absolute atomic E-state index is 0.104. The van der Waals surface area contributed by atoms with Crippen molar-refractivity contribution in [3.05, 3.63) is 0 Å². The van der Waals surface area contributed by atoms with Gasteiger partial charge in [0, 0.05) is 7.11 Å². The lowest BCUT2D eigenvalue weighted by molar-refractivity contribution is -0.139. The number of ether oxygens (including phenoxy) is 2. The minimum Gasteiger partial charge on any atom is -0.481 e. The number of rotatable bonds is 4. The Bertz CT molecular complexity index is 163. The van der Waals surface area contributed by atoms with Gasteiger partial charge in [0.2, 0.25) is 0 Å². The Labute approximate surface area is 82.4 Å². The highest BCUT2D eigenvalue weighted by molar-refractivity contribution is 5.67. The van der Waals surface area contributed by atoms with Crippen molar-refractivity contribution in [3.8, 4) is 0 Å². The molecule has 0 rings (SSSR count). The zero-order valence-electron chi connectivity index (χ0n) is 8.52. The molecule has 0 aromatic rings. The van der Waals surface area contributed by atoms with Crippen molar-refractivity contribution in [1.29, 1.82) is 0 Å². The van der Waals surface area contributed by atoms with Crippen molar-refractivity contribution in [1.82, 2.24) is 0 Å². The van der Waals surface area contributed by atoms with Crippen molar-refractivity contribution < 1.29 is 29.3 Å². The Morgan fingerprint density at radius 1 is 1.29 bits per heavy atom. The quantitative estimate of drug-likeness (QED) is 0.674. The molecule has 0 bridgehead atoms. The highest BCUT2D eigenvalue weighted by atomic mass is 16.6. The molecule has 0 amide bonds. The summed E-state index contributed by atoms with van der Waals surface area (Å²) < 4.78 is 8.50. The standard InChI is InChI=1S/C6H12O3.C2H4O3/c1-3-5(9-2)4-6(7)8;1-5-2(3)4/h5H,3-4H2,1-2H3,(H,7,8);1H3,(H,3,4). The highest BCUT2D eigenvalue weighted by Crippen LogP contribution is 2.00. The van der Waals surface area contributed by atoms with Crippen LogP contribution in [0.3, 0.4) is 0 Å². The van der Waals surface area contributed by atoms with Gasteiger partial charge in [0.25, 0.3) is 0 Å². The molecule has 0 aliphatic rings. The average Bonchev–Trinajstić information content (AvgIpc) is 2.14. The lowest BCUT2D eigenvalue weighted by atomic mass is 10.2. The van der Waals surface area contributed by atoms with E-state index in [1.165, 1.54) is 7.11 Å². The Kier molecular flexibility index (Phi) is 10.6. The molecule has 14 heavy (non-hydrogen) atoms. The summed E-state index contributed by atoms with van der Waals surface area (Å²) in [6.45, 7) is 1.90. The largest absolute Gasteiger partial charge is 0.505 e. The lowest BCUT2D eigenvalue weighted by Crippen LogP contribution is -2.14. The molecule has 0 aliphatic heterocycles. The smallest absolute Gasteiger partial charge is 0.481 e. The van der Waals surface area contributed by atoms with Crippen LogP contribution in [0.15, 0.2) is 0 Å². The molecule has 0 aromatic heterocycles. The molecule has 2 N–H and O–H groups in total. The topological polar surface area (TPSA) is 93.1 Å². The zero-order valence-corrected chi connectivity index (χ0v) is 8.52. The van der Waals surface area contributed by atoms with Crippen LogP contribution in [0.1, 0.15) is 19.8 Å². The lowest BCUT2D eigenvalue weighted by Gasteiger charge is -2.07. The van der Waals surface area contributed by atoms with Crippen LogP contribution < -0.4 is 0 Å². The predicted octanol–water partition coefficient (Wildman–Crippen LogP) is 1.20. The molecule has 0 heterocycles. The first kappa shape index (κ1) is 15.2. The van der Waals surface area contributed by atoms with Gasteiger partial charge in [-0.25, -0.2) is 4.79 Å². The van der Waals surface area contributed by atoms with Gasteiger partial charge in [-0.05, 0) is 6.42 Å². The van der Waals surface area contributed by atoms with E-state index in [1.54, 1.807) is 0 Å². The van der Waals surface area contributed by atoms with Crippen LogP contribution in [0.5, 0.6) is 0 Å². The molecule has 0 aliphatic carbocycles. The molecule has 84 valence electrons. The van der Waals surface area contributed by atoms with Gasteiger partial charge in [0.15, 0.2) is 0 Å². The van der Waals surface area contributed by atoms with Crippen LogP contribution in [0.2, 0.25) is 0 Å². The third-order valence-electron chi connectivity index (χ3n) is 1.37. The Balaban J connectivity index is 0. The summed E-state index contributed by atoms with van der Waals surface area (Å²) in [6.07, 6.45) is -0.511. The zero-order chi connectivity index (χ0) is 11.6. The summed E-state index contributed by atoms with van der Waals surface area (Å²) >= 11 is 0. The molecule has 0 radical (unpaired) electrons. The first-order valence-electron chi connectivity index (χ1n) is 3.99. The third-order valence-corrected chi connectivity index (χ3v) is 1.37. The van der Waals surface area contributed by atoms with E-state index in [2.05, 4.69) is 4.74 Å². The summed E-state index contributed by atoms with van der Waals surface area (Å²) in [7, 11) is 2.62. The molecule has 0 spiro atoms. The van der Waals surface area contributed by atoms with Crippen molar-refractivity contribution in [2.24, 2.45) is 0 Å². The van der Waals surface area contributed by atoms with E-state index in [4.69, 9.17) is 19.7 Å². The number of methoxy groups -OCH3 is 2. The summed E-state index contributed by atoms with van der Waals surface area (Å²) in [4.78, 5) is 19.2. The van der Waals surface area contributed by atoms with Gasteiger partial charge in [-0.3, -0.25) is 4.79 Å². The SMILES string of the molecule is CCC(CC(=O)O)OC.COC(=O)O. The highest BCUT2D eigenvalue weighted by Gasteiger charge is 2.08. The molecular weight excluding hydrogens is 192 g/mol. The van der Waals surface area contributed by atoms with Crippen LogP contribution in [-0.4, -0.2) is 42.7 Å². The normalized spacial score (nSPS) is 10.8. The maximum absolute atomic E-state index is 10.0. The molecule has 1 atom stereocenters. The Hall–Kier alpha value is -1.30. The summed E-state index contributed by atoms with van der Waals surface area (Å²) in [5.74, 6) is -0.802. The maximum atomic E-state index is 10.0. The predicted molar refractivity (Wildman–Crippen MR) is 48.4 cm³/mol. The summed E-state index contributed by atoms with van der Waals surface area (Å²) in [6, 6.07) is 0. The van der Waals surface area contributed by atoms with E-state index in [0.717, 1.165) is 13.5 Å². The maximum Gasteiger partial charge on any atom is 0.505 e. The average molecular weight is 208 g/mol. The van der Waals surface area contributed by atoms with E-state index >= 15 is 0 Å².